The van der Waals surface area contributed by atoms with Crippen molar-refractivity contribution in [3.8, 4) is 0 Å². The summed E-state index contributed by atoms with van der Waals surface area (Å²) in [6, 6.07) is 12.1. The third kappa shape index (κ3) is 5.93. The molecule has 2 aromatic rings. The number of nitrogens with one attached hydrogen (secondary N) is 1. The van der Waals surface area contributed by atoms with Crippen LogP contribution in [0.4, 0.5) is 17.1 Å². The van der Waals surface area contributed by atoms with E-state index in [-0.39, 0.29) is 28.2 Å². The van der Waals surface area contributed by atoms with E-state index in [1.807, 2.05) is 6.92 Å². The summed E-state index contributed by atoms with van der Waals surface area (Å²) in [5.41, 5.74) is 4.99. The Morgan fingerprint density at radius 1 is 1.07 bits per heavy atom. The number of hydrogen-bond donors (Lipinski definition) is 3. The van der Waals surface area contributed by atoms with Crippen molar-refractivity contribution in [1.82, 2.24) is 0 Å². The molecule has 0 aliphatic rings. The van der Waals surface area contributed by atoms with Crippen LogP contribution in [0.1, 0.15) is 37.8 Å². The molecule has 146 valence electrons. The monoisotopic (exact) mass is 372 g/mol. The highest BCUT2D eigenvalue weighted by molar-refractivity contribution is 5.74. The SMILES string of the molecule is CC(C)c1ccc(C[C@@H](C)C=NNc2ccc(N([O-])[O-])cc2N(O)O)cc1. The van der Waals surface area contributed by atoms with Crippen molar-refractivity contribution in [1.29, 1.82) is 0 Å². The Morgan fingerprint density at radius 3 is 2.30 bits per heavy atom. The summed E-state index contributed by atoms with van der Waals surface area (Å²) in [7, 11) is 0. The zero-order valence-corrected chi connectivity index (χ0v) is 15.5. The molecule has 0 aliphatic carbocycles. The van der Waals surface area contributed by atoms with Gasteiger partial charge in [0.25, 0.3) is 0 Å². The number of rotatable bonds is 8. The lowest BCUT2D eigenvalue weighted by molar-refractivity contribution is 0.0295. The predicted octanol–water partition coefficient (Wildman–Crippen LogP) is 4.47. The highest BCUT2D eigenvalue weighted by Gasteiger charge is 2.08. The quantitative estimate of drug-likeness (QED) is 0.462. The maximum Gasteiger partial charge on any atom is 0.121 e. The van der Waals surface area contributed by atoms with Crippen LogP contribution in [0.3, 0.4) is 0 Å². The minimum absolute atomic E-state index is 0.142. The van der Waals surface area contributed by atoms with Gasteiger partial charge in [-0.25, -0.2) is 0 Å². The fraction of sp³-hybridized carbons (Fsp3) is 0.316. The average Bonchev–Trinajstić information content (AvgIpc) is 2.62. The highest BCUT2D eigenvalue weighted by atomic mass is 16.8. The zero-order chi connectivity index (χ0) is 20.0. The first-order valence-corrected chi connectivity index (χ1v) is 8.62. The second-order valence-electron chi connectivity index (χ2n) is 6.72. The molecule has 2 rings (SSSR count). The highest BCUT2D eigenvalue weighted by Crippen LogP contribution is 2.29. The summed E-state index contributed by atoms with van der Waals surface area (Å²) in [6.45, 7) is 6.33. The molecule has 0 amide bonds. The van der Waals surface area contributed by atoms with E-state index >= 15 is 0 Å². The summed E-state index contributed by atoms with van der Waals surface area (Å²) in [4.78, 5) is 0. The van der Waals surface area contributed by atoms with Gasteiger partial charge in [-0.3, -0.25) is 15.8 Å². The molecule has 0 saturated carbocycles. The molecule has 0 unspecified atom stereocenters. The Morgan fingerprint density at radius 2 is 1.74 bits per heavy atom. The van der Waals surface area contributed by atoms with Gasteiger partial charge in [0.05, 0.1) is 5.69 Å². The van der Waals surface area contributed by atoms with Crippen molar-refractivity contribution in [3.05, 3.63) is 64.0 Å². The van der Waals surface area contributed by atoms with Crippen molar-refractivity contribution in [2.24, 2.45) is 11.0 Å². The second-order valence-corrected chi connectivity index (χ2v) is 6.72. The molecule has 8 heteroatoms. The molecule has 1 atom stereocenters. The topological polar surface area (TPSA) is 117 Å². The van der Waals surface area contributed by atoms with Gasteiger partial charge in [-0.1, -0.05) is 45.0 Å². The second kappa shape index (κ2) is 9.33. The van der Waals surface area contributed by atoms with Crippen LogP contribution >= 0.6 is 0 Å². The van der Waals surface area contributed by atoms with Gasteiger partial charge >= 0.3 is 0 Å². The molecule has 0 fully saturated rings. The Bertz CT molecular complexity index is 761. The Labute approximate surface area is 158 Å². The average molecular weight is 372 g/mol. The normalized spacial score (nSPS) is 12.4. The number of anilines is 3. The van der Waals surface area contributed by atoms with Gasteiger partial charge in [0.1, 0.15) is 5.69 Å². The van der Waals surface area contributed by atoms with Crippen LogP contribution in [-0.2, 0) is 6.42 Å². The zero-order valence-electron chi connectivity index (χ0n) is 15.5. The molecular weight excluding hydrogens is 348 g/mol. The standard InChI is InChI=1S/C19H24N4O4/c1-13(2)16-6-4-15(5-7-16)10-14(3)12-20-21-18-9-8-17(22(24)25)11-19(18)23(26)27/h4-9,11-14,21,26-27H,10H2,1-3H3/q-2/t14-/m1/s1. The van der Waals surface area contributed by atoms with E-state index in [4.69, 9.17) is 0 Å². The van der Waals surface area contributed by atoms with Crippen molar-refractivity contribution >= 4 is 23.3 Å². The van der Waals surface area contributed by atoms with Crippen LogP contribution in [0.15, 0.2) is 47.6 Å². The minimum atomic E-state index is -0.618. The van der Waals surface area contributed by atoms with Crippen LogP contribution in [0.25, 0.3) is 0 Å². The lowest BCUT2D eigenvalue weighted by Gasteiger charge is -2.37. The maximum atomic E-state index is 10.8. The largest absolute Gasteiger partial charge is 0.769 e. The summed E-state index contributed by atoms with van der Waals surface area (Å²) < 4.78 is 0. The van der Waals surface area contributed by atoms with E-state index in [1.54, 1.807) is 6.21 Å². The van der Waals surface area contributed by atoms with Crippen molar-refractivity contribution in [3.63, 3.8) is 0 Å². The molecule has 0 aromatic heterocycles. The third-order valence-electron chi connectivity index (χ3n) is 4.13. The van der Waals surface area contributed by atoms with Crippen LogP contribution in [0.5, 0.6) is 0 Å². The van der Waals surface area contributed by atoms with Gasteiger partial charge < -0.3 is 15.6 Å². The summed E-state index contributed by atoms with van der Waals surface area (Å²) in [5, 5.41) is 43.4. The maximum absolute atomic E-state index is 10.8. The molecule has 0 radical (unpaired) electrons. The minimum Gasteiger partial charge on any atom is -0.769 e. The Balaban J connectivity index is 1.99. The molecule has 0 spiro atoms. The number of hydrogen-bond acceptors (Lipinski definition) is 8. The van der Waals surface area contributed by atoms with Crippen LogP contribution in [-0.4, -0.2) is 16.6 Å². The van der Waals surface area contributed by atoms with E-state index in [0.29, 0.717) is 5.92 Å². The molecular formula is C19H24N4O4-2. The van der Waals surface area contributed by atoms with Crippen LogP contribution < -0.4 is 15.9 Å². The fourth-order valence-corrected chi connectivity index (χ4v) is 2.59. The van der Waals surface area contributed by atoms with E-state index in [0.717, 1.165) is 12.5 Å². The molecule has 0 saturated heterocycles. The first-order valence-electron chi connectivity index (χ1n) is 8.62. The first kappa shape index (κ1) is 20.7. The third-order valence-corrected chi connectivity index (χ3v) is 4.13. The number of nitrogens with zero attached hydrogens (tertiary/aromatic N) is 3. The van der Waals surface area contributed by atoms with Gasteiger partial charge in [0, 0.05) is 11.9 Å². The molecule has 8 nitrogen and oxygen atoms in total. The smallest absolute Gasteiger partial charge is 0.121 e. The van der Waals surface area contributed by atoms with Gasteiger partial charge in [-0.15, -0.1) is 5.23 Å². The van der Waals surface area contributed by atoms with Crippen LogP contribution in [0, 0.1) is 16.3 Å². The lowest BCUT2D eigenvalue weighted by Crippen LogP contribution is -2.14. The number of hydrazone groups is 1. The molecule has 0 bridgehead atoms. The van der Waals surface area contributed by atoms with E-state index in [2.05, 4.69) is 48.6 Å². The summed E-state index contributed by atoms with van der Waals surface area (Å²) >= 11 is 0. The summed E-state index contributed by atoms with van der Waals surface area (Å²) in [6.07, 6.45) is 2.52. The molecule has 0 heterocycles. The van der Waals surface area contributed by atoms with Gasteiger partial charge in [-0.2, -0.15) is 5.10 Å². The van der Waals surface area contributed by atoms with Gasteiger partial charge in [-0.05, 0) is 47.6 Å². The first-order chi connectivity index (χ1) is 12.8. The molecule has 27 heavy (non-hydrogen) atoms. The van der Waals surface area contributed by atoms with Gasteiger partial charge in [0.15, 0.2) is 0 Å². The molecule has 0 aliphatic heterocycles. The van der Waals surface area contributed by atoms with E-state index < -0.39 is 5.23 Å². The summed E-state index contributed by atoms with van der Waals surface area (Å²) in [5.74, 6) is 0.638. The van der Waals surface area contributed by atoms with Crippen LogP contribution in [0.2, 0.25) is 0 Å². The Hall–Kier alpha value is -2.65. The van der Waals surface area contributed by atoms with E-state index in [9.17, 15) is 20.8 Å². The van der Waals surface area contributed by atoms with E-state index in [1.165, 1.54) is 23.3 Å². The molecule has 2 aromatic carbocycles. The predicted molar refractivity (Wildman–Crippen MR) is 107 cm³/mol. The van der Waals surface area contributed by atoms with Crippen molar-refractivity contribution in [2.75, 3.05) is 15.9 Å². The Kier molecular flexibility index (Phi) is 7.14. The van der Waals surface area contributed by atoms with Crippen molar-refractivity contribution in [2.45, 2.75) is 33.1 Å². The lowest BCUT2D eigenvalue weighted by atomic mass is 9.97. The number of benzene rings is 2. The van der Waals surface area contributed by atoms with Gasteiger partial charge in [0.2, 0.25) is 0 Å². The molecule has 3 N–H and O–H groups in total. The van der Waals surface area contributed by atoms with Crippen molar-refractivity contribution < 1.29 is 10.4 Å². The fourth-order valence-electron chi connectivity index (χ4n) is 2.59.